The summed E-state index contributed by atoms with van der Waals surface area (Å²) in [6.07, 6.45) is 12.8. The molecule has 23 heteroatoms. The average Bonchev–Trinajstić information content (AvgIpc) is 4.15. The summed E-state index contributed by atoms with van der Waals surface area (Å²) >= 11 is 0. The smallest absolute Gasteiger partial charge is 0.411 e. The van der Waals surface area contributed by atoms with E-state index in [1.54, 1.807) is 36.9 Å². The van der Waals surface area contributed by atoms with Gasteiger partial charge in [0.2, 0.25) is 43.7 Å². The van der Waals surface area contributed by atoms with Gasteiger partial charge in [-0.2, -0.15) is 0 Å². The maximum atomic E-state index is 14.2. The van der Waals surface area contributed by atoms with E-state index in [-0.39, 0.29) is 61.4 Å². The second-order valence-corrected chi connectivity index (χ2v) is 25.3. The number of fused-ring (bicyclic) bond motifs is 4. The predicted octanol–water partition coefficient (Wildman–Crippen LogP) is 2.81. The Kier molecular flexibility index (Phi) is 15.8. The normalized spacial score (nSPS) is 33.7. The number of hydrogen-bond donors (Lipinski definition) is 6. The molecule has 2 aliphatic heterocycles. The number of halogens is 1. The molecule has 9 rings (SSSR count). The van der Waals surface area contributed by atoms with E-state index in [1.807, 2.05) is 24.3 Å². The SMILES string of the molecule is CN1CCCC/C=C\[C@@H]2C[C@@]2(C(=O)NS(=O)(=O)C2CC2)NC(=O)[C@@H]2C[C@@H](O)C[C@H]2C1=O.Cc1ccc(F)c(NC(=O)O[C@@H]2C[C@H]3C(=O)N[C@]4(C(=O)NS(=O)(=O)C5CC5)C[C@H]4/C=C\CCCCN(C)C(=O)[C@@H]3C2)c1. The number of aliphatic hydroxyl groups excluding tert-OH is 1. The molecule has 6 saturated carbocycles. The van der Waals surface area contributed by atoms with E-state index in [1.165, 1.54) is 12.1 Å². The van der Waals surface area contributed by atoms with Gasteiger partial charge in [-0.3, -0.25) is 43.5 Å². The van der Waals surface area contributed by atoms with Crippen molar-refractivity contribution in [3.8, 4) is 0 Å². The van der Waals surface area contributed by atoms with Crippen molar-refractivity contribution >= 4 is 67.3 Å². The maximum Gasteiger partial charge on any atom is 0.411 e. The number of nitrogens with zero attached hydrogens (tertiary/aromatic N) is 2. The third-order valence-corrected chi connectivity index (χ3v) is 19.3. The summed E-state index contributed by atoms with van der Waals surface area (Å²) in [5.74, 6) is -7.46. The second kappa shape index (κ2) is 21.4. The van der Waals surface area contributed by atoms with Crippen LogP contribution in [0.1, 0.15) is 108 Å². The van der Waals surface area contributed by atoms with Gasteiger partial charge >= 0.3 is 6.09 Å². The third kappa shape index (κ3) is 12.4. The van der Waals surface area contributed by atoms with Gasteiger partial charge in [0.05, 0.1) is 46.0 Å². The molecule has 6 aliphatic carbocycles. The third-order valence-electron chi connectivity index (χ3n) is 15.6. The number of anilines is 1. The number of nitrogens with one attached hydrogen (secondary N) is 5. The lowest BCUT2D eigenvalue weighted by Crippen LogP contribution is -2.54. The Morgan fingerprint density at radius 2 is 1.15 bits per heavy atom. The molecule has 0 saturated heterocycles. The number of carbonyl (C=O) groups is 7. The monoisotopic (exact) mass is 1060 g/mol. The number of amides is 7. The van der Waals surface area contributed by atoms with Gasteiger partial charge in [0.25, 0.3) is 11.8 Å². The molecule has 400 valence electrons. The number of allylic oxidation sites excluding steroid dienone is 2. The Morgan fingerprint density at radius 1 is 0.699 bits per heavy atom. The number of aliphatic hydroxyl groups is 1. The van der Waals surface area contributed by atoms with Gasteiger partial charge in [0.15, 0.2) is 0 Å². The molecule has 1 aromatic rings. The second-order valence-electron chi connectivity index (χ2n) is 21.4. The minimum Gasteiger partial charge on any atom is -0.446 e. The average molecular weight is 1060 g/mol. The molecule has 1 aromatic carbocycles. The highest BCUT2D eigenvalue weighted by molar-refractivity contribution is 7.91. The predicted molar refractivity (Wildman–Crippen MR) is 263 cm³/mol. The summed E-state index contributed by atoms with van der Waals surface area (Å²) in [4.78, 5) is 95.5. The first kappa shape index (κ1) is 53.9. The van der Waals surface area contributed by atoms with Crippen molar-refractivity contribution in [3.05, 3.63) is 53.9 Å². The largest absolute Gasteiger partial charge is 0.446 e. The molecular weight excluding hydrogens is 990 g/mol. The van der Waals surface area contributed by atoms with Crippen LogP contribution in [0.25, 0.3) is 0 Å². The van der Waals surface area contributed by atoms with Crippen LogP contribution >= 0.6 is 0 Å². The Labute approximate surface area is 425 Å². The molecule has 10 atom stereocenters. The van der Waals surface area contributed by atoms with Crippen molar-refractivity contribution in [1.29, 1.82) is 0 Å². The number of hydrogen-bond acceptors (Lipinski definition) is 13. The topological polar surface area (TPSA) is 284 Å². The van der Waals surface area contributed by atoms with Crippen molar-refractivity contribution in [2.24, 2.45) is 35.5 Å². The number of rotatable bonds is 8. The van der Waals surface area contributed by atoms with E-state index in [2.05, 4.69) is 25.4 Å². The molecule has 2 heterocycles. The summed E-state index contributed by atoms with van der Waals surface area (Å²) in [6, 6.07) is 4.25. The van der Waals surface area contributed by atoms with E-state index in [0.29, 0.717) is 51.6 Å². The fourth-order valence-corrected chi connectivity index (χ4v) is 13.5. The van der Waals surface area contributed by atoms with Crippen LogP contribution < -0.4 is 25.4 Å². The molecule has 0 bridgehead atoms. The molecule has 20 nitrogen and oxygen atoms in total. The highest BCUT2D eigenvalue weighted by atomic mass is 32.2. The van der Waals surface area contributed by atoms with E-state index in [9.17, 15) is 59.9 Å². The van der Waals surface area contributed by atoms with Crippen LogP contribution in [0.3, 0.4) is 0 Å². The van der Waals surface area contributed by atoms with Crippen LogP contribution in [0, 0.1) is 48.2 Å². The van der Waals surface area contributed by atoms with E-state index >= 15 is 0 Å². The first-order valence-corrected chi connectivity index (χ1v) is 28.6. The first-order chi connectivity index (χ1) is 34.5. The molecule has 7 amide bonds. The lowest BCUT2D eigenvalue weighted by molar-refractivity contribution is -0.141. The molecule has 73 heavy (non-hydrogen) atoms. The fourth-order valence-electron chi connectivity index (χ4n) is 10.7. The Hall–Kier alpha value is -5.42. The zero-order valence-electron chi connectivity index (χ0n) is 41.5. The fraction of sp³-hybridized carbons (Fsp3) is 0.660. The molecule has 0 unspecified atom stereocenters. The van der Waals surface area contributed by atoms with Gasteiger partial charge in [0, 0.05) is 39.0 Å². The number of carbonyl (C=O) groups excluding carboxylic acids is 7. The molecule has 0 aromatic heterocycles. The minimum absolute atomic E-state index is 0.0123. The molecule has 8 aliphatic rings. The number of sulfonamides is 2. The van der Waals surface area contributed by atoms with Crippen LogP contribution in [0.15, 0.2) is 42.5 Å². The first-order valence-electron chi connectivity index (χ1n) is 25.5. The van der Waals surface area contributed by atoms with E-state index in [4.69, 9.17) is 4.74 Å². The van der Waals surface area contributed by atoms with Gasteiger partial charge in [-0.1, -0.05) is 30.4 Å². The Morgan fingerprint density at radius 3 is 1.64 bits per heavy atom. The minimum atomic E-state index is -3.84. The summed E-state index contributed by atoms with van der Waals surface area (Å²) in [6.45, 7) is 2.83. The van der Waals surface area contributed by atoms with Gasteiger partial charge in [-0.15, -0.1) is 0 Å². The van der Waals surface area contributed by atoms with E-state index in [0.717, 1.165) is 37.7 Å². The number of ether oxygens (including phenoxy) is 1. The van der Waals surface area contributed by atoms with Gasteiger partial charge < -0.3 is 30.3 Å². The molecule has 6 fully saturated rings. The van der Waals surface area contributed by atoms with Crippen molar-refractivity contribution in [1.82, 2.24) is 29.9 Å². The van der Waals surface area contributed by atoms with Crippen LogP contribution in [-0.2, 0) is 53.6 Å². The van der Waals surface area contributed by atoms with Crippen molar-refractivity contribution in [2.45, 2.75) is 143 Å². The van der Waals surface area contributed by atoms with E-state index < -0.39 is 113 Å². The molecule has 0 radical (unpaired) electrons. The lowest BCUT2D eigenvalue weighted by atomic mass is 9.93. The standard InChI is InChI=1S/C29H37FN4O7S.C21H31N3O6S/c1-17-8-11-23(30)24(13-17)31-28(38)41-19-14-21-22(15-19)26(36)34(2)12-6-4-3-5-7-18-16-29(18,32-25(21)35)27(37)33-42(39,40)20-9-10-20;1-24-9-5-3-2-4-6-13-12-21(13,20(28)23-31(29,30)15-7-8-15)22-18(26)16-10-14(25)11-17(16)19(24)27/h5,7-8,11,13,18-22H,3-4,6,9-10,12,14-16H2,1-2H3,(H,31,38)(H,32,35)(H,33,37);4,6,13-17,25H,2-3,5,7-12H2,1H3,(H,22,26)(H,23,28)/b7-5-;6-4-/t18-,19-,21-,22-,29-;13-,14-,16-,17-,21-/m11/s1. The molecule has 6 N–H and O–H groups in total. The van der Waals surface area contributed by atoms with Crippen molar-refractivity contribution in [2.75, 3.05) is 32.5 Å². The molecular formula is C50H68FN7O13S2. The Balaban J connectivity index is 0.000000204. The maximum absolute atomic E-state index is 14.2. The quantitative estimate of drug-likeness (QED) is 0.205. The summed E-state index contributed by atoms with van der Waals surface area (Å²) in [7, 11) is -4.22. The van der Waals surface area contributed by atoms with Crippen LogP contribution in [-0.4, -0.2) is 134 Å². The van der Waals surface area contributed by atoms with Crippen molar-refractivity contribution in [3.63, 3.8) is 0 Å². The number of aryl methyl sites for hydroxylation is 1. The zero-order valence-corrected chi connectivity index (χ0v) is 43.1. The summed E-state index contributed by atoms with van der Waals surface area (Å²) in [5, 5.41) is 17.0. The summed E-state index contributed by atoms with van der Waals surface area (Å²) in [5.41, 5.74) is -2.09. The van der Waals surface area contributed by atoms with Crippen LogP contribution in [0.5, 0.6) is 0 Å². The zero-order chi connectivity index (χ0) is 52.6. The lowest BCUT2D eigenvalue weighted by Gasteiger charge is -2.26. The molecule has 0 spiro atoms. The Bertz CT molecular complexity index is 2660. The summed E-state index contributed by atoms with van der Waals surface area (Å²) < 4.78 is 73.7. The van der Waals surface area contributed by atoms with Crippen LogP contribution in [0.4, 0.5) is 14.9 Å². The highest BCUT2D eigenvalue weighted by Gasteiger charge is 2.63. The van der Waals surface area contributed by atoms with Gasteiger partial charge in [-0.25, -0.2) is 26.0 Å². The van der Waals surface area contributed by atoms with Gasteiger partial charge in [0.1, 0.15) is 23.0 Å². The van der Waals surface area contributed by atoms with Crippen LogP contribution in [0.2, 0.25) is 0 Å². The highest BCUT2D eigenvalue weighted by Crippen LogP contribution is 2.48. The number of benzene rings is 1. The van der Waals surface area contributed by atoms with Crippen molar-refractivity contribution < 1.29 is 64.6 Å². The van der Waals surface area contributed by atoms with Gasteiger partial charge in [-0.05, 0) is 127 Å².